The molecule has 0 saturated carbocycles. The Labute approximate surface area is 202 Å². The number of carbonyl (C=O) groups is 2. The minimum absolute atomic E-state index is 0.132. The van der Waals surface area contributed by atoms with Crippen LogP contribution in [0.3, 0.4) is 0 Å². The number of amides is 2. The fourth-order valence-corrected chi connectivity index (χ4v) is 4.27. The summed E-state index contributed by atoms with van der Waals surface area (Å²) >= 11 is 0. The molecule has 0 N–H and O–H groups in total. The third-order valence-electron chi connectivity index (χ3n) is 6.32. The highest BCUT2D eigenvalue weighted by Crippen LogP contribution is 2.29. The minimum Gasteiger partial charge on any atom is -0.488 e. The van der Waals surface area contributed by atoms with Gasteiger partial charge in [-0.05, 0) is 43.7 Å². The van der Waals surface area contributed by atoms with E-state index in [9.17, 15) is 9.59 Å². The molecule has 1 aliphatic rings. The van der Waals surface area contributed by atoms with Gasteiger partial charge in [0, 0.05) is 32.2 Å². The maximum Gasteiger partial charge on any atom is 0.292 e. The summed E-state index contributed by atoms with van der Waals surface area (Å²) in [6.07, 6.45) is 0. The predicted octanol–water partition coefficient (Wildman–Crippen LogP) is 3.92. The monoisotopic (exact) mass is 474 g/mol. The molecular formula is C26H26N4O5. The van der Waals surface area contributed by atoms with Gasteiger partial charge in [-0.2, -0.15) is 0 Å². The first kappa shape index (κ1) is 22.6. The zero-order valence-electron chi connectivity index (χ0n) is 19.9. The number of piperazine rings is 1. The van der Waals surface area contributed by atoms with Crippen LogP contribution >= 0.6 is 0 Å². The molecule has 1 aliphatic heterocycles. The van der Waals surface area contributed by atoms with E-state index in [1.165, 1.54) is 0 Å². The molecule has 180 valence electrons. The molecule has 2 aromatic heterocycles. The average molecular weight is 475 g/mol. The first-order chi connectivity index (χ1) is 16.9. The van der Waals surface area contributed by atoms with E-state index in [2.05, 4.69) is 10.3 Å². The molecule has 0 spiro atoms. The number of nitrogens with zero attached hydrogens (tertiary/aromatic N) is 4. The number of hydrogen-bond donors (Lipinski definition) is 0. The molecule has 9 heteroatoms. The van der Waals surface area contributed by atoms with Gasteiger partial charge in [-0.15, -0.1) is 0 Å². The number of hydrogen-bond acceptors (Lipinski definition) is 7. The summed E-state index contributed by atoms with van der Waals surface area (Å²) in [6.45, 7) is 7.36. The van der Waals surface area contributed by atoms with Gasteiger partial charge in [-0.25, -0.2) is 0 Å². The van der Waals surface area contributed by atoms with Crippen molar-refractivity contribution >= 4 is 22.6 Å². The number of fused-ring (bicyclic) bond motifs is 1. The van der Waals surface area contributed by atoms with E-state index in [1.807, 2.05) is 50.2 Å². The maximum atomic E-state index is 13.6. The van der Waals surface area contributed by atoms with Crippen LogP contribution in [0, 0.1) is 20.8 Å². The molecule has 0 unspecified atom stereocenters. The Morgan fingerprint density at radius 2 is 1.54 bits per heavy atom. The summed E-state index contributed by atoms with van der Waals surface area (Å²) in [5, 5.41) is 9.70. The molecule has 0 radical (unpaired) electrons. The van der Waals surface area contributed by atoms with Crippen molar-refractivity contribution < 1.29 is 23.4 Å². The van der Waals surface area contributed by atoms with Gasteiger partial charge in [-0.3, -0.25) is 9.59 Å². The normalized spacial score (nSPS) is 13.9. The highest BCUT2D eigenvalue weighted by Gasteiger charge is 2.29. The standard InChI is InChI=1S/C26H26N4O5/c1-16-12-24(35-27-16)26(32)30-10-8-29(9-11-30)25(31)21-13-19-6-4-5-7-20(19)14-23(21)33-15-22-17(2)28-34-18(22)3/h4-7,12-14H,8-11,15H2,1-3H3. The summed E-state index contributed by atoms with van der Waals surface area (Å²) in [5.41, 5.74) is 2.77. The van der Waals surface area contributed by atoms with Crippen molar-refractivity contribution in [3.63, 3.8) is 0 Å². The van der Waals surface area contributed by atoms with Crippen molar-refractivity contribution in [1.29, 1.82) is 0 Å². The first-order valence-corrected chi connectivity index (χ1v) is 11.5. The van der Waals surface area contributed by atoms with E-state index in [4.69, 9.17) is 13.8 Å². The lowest BCUT2D eigenvalue weighted by Crippen LogP contribution is -2.50. The van der Waals surface area contributed by atoms with Crippen LogP contribution in [0.1, 0.15) is 43.6 Å². The van der Waals surface area contributed by atoms with Gasteiger partial charge in [0.2, 0.25) is 5.76 Å². The van der Waals surface area contributed by atoms with Crippen molar-refractivity contribution in [1.82, 2.24) is 20.1 Å². The van der Waals surface area contributed by atoms with Crippen molar-refractivity contribution in [3.05, 3.63) is 76.5 Å². The molecular weight excluding hydrogens is 448 g/mol. The van der Waals surface area contributed by atoms with Crippen LogP contribution < -0.4 is 4.74 Å². The van der Waals surface area contributed by atoms with E-state index in [1.54, 1.807) is 22.8 Å². The number of rotatable bonds is 5. The molecule has 3 heterocycles. The van der Waals surface area contributed by atoms with Gasteiger partial charge >= 0.3 is 0 Å². The van der Waals surface area contributed by atoms with E-state index < -0.39 is 0 Å². The number of benzene rings is 2. The topological polar surface area (TPSA) is 102 Å². The number of aryl methyl sites for hydroxylation is 3. The molecule has 9 nitrogen and oxygen atoms in total. The second kappa shape index (κ2) is 9.25. The van der Waals surface area contributed by atoms with Crippen LogP contribution in [-0.2, 0) is 6.61 Å². The van der Waals surface area contributed by atoms with E-state index in [0.717, 1.165) is 22.0 Å². The molecule has 0 atom stereocenters. The zero-order valence-corrected chi connectivity index (χ0v) is 19.9. The molecule has 35 heavy (non-hydrogen) atoms. The Balaban J connectivity index is 1.36. The van der Waals surface area contributed by atoms with Gasteiger partial charge in [0.1, 0.15) is 18.1 Å². The second-order valence-corrected chi connectivity index (χ2v) is 8.70. The van der Waals surface area contributed by atoms with Crippen molar-refractivity contribution in [2.75, 3.05) is 26.2 Å². The lowest BCUT2D eigenvalue weighted by atomic mass is 10.0. The fraction of sp³-hybridized carbons (Fsp3) is 0.308. The smallest absolute Gasteiger partial charge is 0.292 e. The van der Waals surface area contributed by atoms with E-state index in [0.29, 0.717) is 48.9 Å². The summed E-state index contributed by atoms with van der Waals surface area (Å²) in [5.74, 6) is 1.06. The van der Waals surface area contributed by atoms with Crippen LogP contribution in [0.2, 0.25) is 0 Å². The van der Waals surface area contributed by atoms with Crippen LogP contribution in [0.15, 0.2) is 51.5 Å². The zero-order chi connectivity index (χ0) is 24.5. The van der Waals surface area contributed by atoms with Crippen LogP contribution in [0.25, 0.3) is 10.8 Å². The van der Waals surface area contributed by atoms with Gasteiger partial charge in [-0.1, -0.05) is 34.6 Å². The van der Waals surface area contributed by atoms with Gasteiger partial charge in [0.05, 0.1) is 22.5 Å². The Morgan fingerprint density at radius 1 is 0.886 bits per heavy atom. The van der Waals surface area contributed by atoms with Crippen molar-refractivity contribution in [2.45, 2.75) is 27.4 Å². The molecule has 5 rings (SSSR count). The summed E-state index contributed by atoms with van der Waals surface area (Å²) in [6, 6.07) is 13.2. The predicted molar refractivity (Wildman–Crippen MR) is 127 cm³/mol. The number of ether oxygens (including phenoxy) is 1. The van der Waals surface area contributed by atoms with Gasteiger partial charge in [0.25, 0.3) is 11.8 Å². The van der Waals surface area contributed by atoms with E-state index >= 15 is 0 Å². The molecule has 2 aromatic carbocycles. The third kappa shape index (κ3) is 4.49. The fourth-order valence-electron chi connectivity index (χ4n) is 4.27. The van der Waals surface area contributed by atoms with E-state index in [-0.39, 0.29) is 24.2 Å². The van der Waals surface area contributed by atoms with Crippen molar-refractivity contribution in [3.8, 4) is 5.75 Å². The third-order valence-corrected chi connectivity index (χ3v) is 6.32. The van der Waals surface area contributed by atoms with Gasteiger partial charge < -0.3 is 23.6 Å². The second-order valence-electron chi connectivity index (χ2n) is 8.70. The molecule has 1 saturated heterocycles. The minimum atomic E-state index is -0.216. The average Bonchev–Trinajstić information content (AvgIpc) is 3.45. The number of carbonyl (C=O) groups excluding carboxylic acids is 2. The molecule has 2 amide bonds. The Morgan fingerprint density at radius 3 is 2.14 bits per heavy atom. The highest BCUT2D eigenvalue weighted by atomic mass is 16.5. The van der Waals surface area contributed by atoms with Crippen LogP contribution in [-0.4, -0.2) is 58.1 Å². The Kier molecular flexibility index (Phi) is 5.98. The maximum absolute atomic E-state index is 13.6. The molecule has 0 aliphatic carbocycles. The Bertz CT molecular complexity index is 1380. The number of aromatic nitrogens is 2. The first-order valence-electron chi connectivity index (χ1n) is 11.5. The SMILES string of the molecule is Cc1cc(C(=O)N2CCN(C(=O)c3cc4ccccc4cc3OCc3c(C)noc3C)CC2)on1. The summed E-state index contributed by atoms with van der Waals surface area (Å²) in [7, 11) is 0. The van der Waals surface area contributed by atoms with Crippen LogP contribution in [0.5, 0.6) is 5.75 Å². The van der Waals surface area contributed by atoms with Gasteiger partial charge in [0.15, 0.2) is 0 Å². The highest BCUT2D eigenvalue weighted by molar-refractivity contribution is 6.02. The lowest BCUT2D eigenvalue weighted by Gasteiger charge is -2.34. The summed E-state index contributed by atoms with van der Waals surface area (Å²) in [4.78, 5) is 29.7. The Hall–Kier alpha value is -4.14. The molecule has 0 bridgehead atoms. The quantitative estimate of drug-likeness (QED) is 0.432. The van der Waals surface area contributed by atoms with Crippen molar-refractivity contribution in [2.24, 2.45) is 0 Å². The van der Waals surface area contributed by atoms with Crippen LogP contribution in [0.4, 0.5) is 0 Å². The molecule has 1 fully saturated rings. The summed E-state index contributed by atoms with van der Waals surface area (Å²) < 4.78 is 16.5. The largest absolute Gasteiger partial charge is 0.488 e. The lowest BCUT2D eigenvalue weighted by molar-refractivity contribution is 0.0510. The molecule has 4 aromatic rings.